The zero-order chi connectivity index (χ0) is 13.7. The molecule has 1 atom stereocenters. The average molecular weight is 273 g/mol. The Morgan fingerprint density at radius 3 is 3.05 bits per heavy atom. The minimum Gasteiger partial charge on any atom is -0.465 e. The minimum absolute atomic E-state index is 0.290. The van der Waals surface area contributed by atoms with Crippen molar-refractivity contribution in [2.24, 2.45) is 0 Å². The van der Waals surface area contributed by atoms with Crippen LogP contribution in [-0.2, 0) is 9.53 Å². The largest absolute Gasteiger partial charge is 0.465 e. The molecule has 0 aliphatic rings. The maximum Gasteiger partial charge on any atom is 0.327 e. The summed E-state index contributed by atoms with van der Waals surface area (Å²) in [4.78, 5) is 12.0. The first-order chi connectivity index (χ1) is 9.27. The number of nitrogens with one attached hydrogen (secondary N) is 1. The topological polar surface area (TPSA) is 38.3 Å². The smallest absolute Gasteiger partial charge is 0.327 e. The number of thiophene rings is 1. The minimum atomic E-state index is -0.507. The van der Waals surface area contributed by atoms with E-state index in [2.05, 4.69) is 11.2 Å². The number of carbonyl (C=O) groups excluding carboxylic acids is 1. The van der Waals surface area contributed by atoms with Crippen LogP contribution in [0.5, 0.6) is 0 Å². The maximum absolute atomic E-state index is 12.0. The third-order valence-corrected chi connectivity index (χ3v) is 3.73. The van der Waals surface area contributed by atoms with Gasteiger partial charge in [0.05, 0.1) is 13.2 Å². The standard InChI is InChI=1S/C15H15NO2S/c1-3-9-16-14(15(17)18-4-2)12-10-19-13-8-6-5-7-11(12)13/h1,5-8,10,14,16H,4,9H2,2H3. The van der Waals surface area contributed by atoms with Crippen LogP contribution in [0.1, 0.15) is 18.5 Å². The van der Waals surface area contributed by atoms with Crippen molar-refractivity contribution in [1.29, 1.82) is 0 Å². The zero-order valence-corrected chi connectivity index (χ0v) is 11.5. The fraction of sp³-hybridized carbons (Fsp3) is 0.267. The Bertz CT molecular complexity index is 612. The molecule has 4 heteroatoms. The summed E-state index contributed by atoms with van der Waals surface area (Å²) < 4.78 is 6.26. The Morgan fingerprint density at radius 2 is 2.32 bits per heavy atom. The Kier molecular flexibility index (Phi) is 4.56. The summed E-state index contributed by atoms with van der Waals surface area (Å²) in [6.45, 7) is 2.48. The van der Waals surface area contributed by atoms with Crippen LogP contribution in [0, 0.1) is 12.3 Å². The number of benzene rings is 1. The molecule has 1 aromatic heterocycles. The third kappa shape index (κ3) is 2.95. The molecule has 0 saturated carbocycles. The van der Waals surface area contributed by atoms with Gasteiger partial charge in [0, 0.05) is 4.70 Å². The lowest BCUT2D eigenvalue weighted by Gasteiger charge is -2.15. The first-order valence-electron chi connectivity index (χ1n) is 6.07. The molecule has 0 radical (unpaired) electrons. The van der Waals surface area contributed by atoms with Gasteiger partial charge in [0.2, 0.25) is 0 Å². The Hall–Kier alpha value is -1.83. The van der Waals surface area contributed by atoms with Crippen LogP contribution in [0.3, 0.4) is 0 Å². The monoisotopic (exact) mass is 273 g/mol. The number of carbonyl (C=O) groups is 1. The van der Waals surface area contributed by atoms with E-state index in [9.17, 15) is 4.79 Å². The van der Waals surface area contributed by atoms with E-state index in [1.54, 1.807) is 18.3 Å². The number of rotatable bonds is 5. The highest BCUT2D eigenvalue weighted by molar-refractivity contribution is 7.17. The van der Waals surface area contributed by atoms with Gasteiger partial charge in [0.25, 0.3) is 0 Å². The summed E-state index contributed by atoms with van der Waals surface area (Å²) in [7, 11) is 0. The molecule has 0 fully saturated rings. The van der Waals surface area contributed by atoms with E-state index < -0.39 is 6.04 Å². The molecule has 19 heavy (non-hydrogen) atoms. The number of hydrogen-bond acceptors (Lipinski definition) is 4. The van der Waals surface area contributed by atoms with Gasteiger partial charge >= 0.3 is 5.97 Å². The lowest BCUT2D eigenvalue weighted by atomic mass is 10.1. The molecule has 1 aromatic carbocycles. The normalized spacial score (nSPS) is 12.0. The van der Waals surface area contributed by atoms with Crippen molar-refractivity contribution < 1.29 is 9.53 Å². The molecule has 2 aromatic rings. The van der Waals surface area contributed by atoms with E-state index in [0.717, 1.165) is 15.6 Å². The number of ether oxygens (including phenoxy) is 1. The van der Waals surface area contributed by atoms with Crippen LogP contribution in [-0.4, -0.2) is 19.1 Å². The highest BCUT2D eigenvalue weighted by atomic mass is 32.1. The van der Waals surface area contributed by atoms with E-state index in [-0.39, 0.29) is 5.97 Å². The van der Waals surface area contributed by atoms with Gasteiger partial charge in [-0.1, -0.05) is 24.1 Å². The highest BCUT2D eigenvalue weighted by Gasteiger charge is 2.23. The molecule has 0 spiro atoms. The van der Waals surface area contributed by atoms with E-state index in [4.69, 9.17) is 11.2 Å². The fourth-order valence-electron chi connectivity index (χ4n) is 1.93. The first-order valence-corrected chi connectivity index (χ1v) is 6.95. The number of hydrogen-bond donors (Lipinski definition) is 1. The molecule has 98 valence electrons. The lowest BCUT2D eigenvalue weighted by molar-refractivity contribution is -0.145. The van der Waals surface area contributed by atoms with Crippen molar-refractivity contribution in [1.82, 2.24) is 5.32 Å². The number of fused-ring (bicyclic) bond motifs is 1. The second kappa shape index (κ2) is 6.37. The Morgan fingerprint density at radius 1 is 1.53 bits per heavy atom. The third-order valence-electron chi connectivity index (χ3n) is 2.75. The SMILES string of the molecule is C#CCNC(C(=O)OCC)c1csc2ccccc12. The second-order valence-corrected chi connectivity index (χ2v) is 4.87. The quantitative estimate of drug-likeness (QED) is 0.672. The molecule has 0 aliphatic heterocycles. The van der Waals surface area contributed by atoms with E-state index in [0.29, 0.717) is 13.2 Å². The molecule has 2 rings (SSSR count). The van der Waals surface area contributed by atoms with Crippen LogP contribution in [0.15, 0.2) is 29.6 Å². The first kappa shape index (κ1) is 13.6. The summed E-state index contributed by atoms with van der Waals surface area (Å²) in [5, 5.41) is 6.09. The van der Waals surface area contributed by atoms with Gasteiger partial charge in [-0.15, -0.1) is 17.8 Å². The Balaban J connectivity index is 2.37. The summed E-state index contributed by atoms with van der Waals surface area (Å²) in [6.07, 6.45) is 5.25. The van der Waals surface area contributed by atoms with Gasteiger partial charge in [0.1, 0.15) is 6.04 Å². The lowest BCUT2D eigenvalue weighted by Crippen LogP contribution is -2.30. The molecule has 1 N–H and O–H groups in total. The molecule has 0 saturated heterocycles. The number of terminal acetylenes is 1. The molecule has 0 amide bonds. The van der Waals surface area contributed by atoms with Gasteiger partial charge in [-0.3, -0.25) is 5.32 Å². The van der Waals surface area contributed by atoms with Crippen LogP contribution in [0.4, 0.5) is 0 Å². The molecular weight excluding hydrogens is 258 g/mol. The van der Waals surface area contributed by atoms with Crippen molar-refractivity contribution >= 4 is 27.4 Å². The van der Waals surface area contributed by atoms with E-state index >= 15 is 0 Å². The maximum atomic E-state index is 12.0. The summed E-state index contributed by atoms with van der Waals surface area (Å²) in [6, 6.07) is 7.48. The molecule has 3 nitrogen and oxygen atoms in total. The van der Waals surface area contributed by atoms with Crippen molar-refractivity contribution in [3.8, 4) is 12.3 Å². The molecule has 0 bridgehead atoms. The number of esters is 1. The second-order valence-electron chi connectivity index (χ2n) is 3.96. The average Bonchev–Trinajstić information content (AvgIpc) is 2.84. The van der Waals surface area contributed by atoms with Crippen LogP contribution < -0.4 is 5.32 Å². The van der Waals surface area contributed by atoms with Gasteiger partial charge in [-0.05, 0) is 29.3 Å². The van der Waals surface area contributed by atoms with Gasteiger partial charge in [0.15, 0.2) is 0 Å². The van der Waals surface area contributed by atoms with Gasteiger partial charge < -0.3 is 4.74 Å². The van der Waals surface area contributed by atoms with E-state index in [1.807, 2.05) is 29.6 Å². The zero-order valence-electron chi connectivity index (χ0n) is 10.7. The van der Waals surface area contributed by atoms with Crippen LogP contribution >= 0.6 is 11.3 Å². The summed E-state index contributed by atoms with van der Waals surface area (Å²) in [5.74, 6) is 2.20. The van der Waals surface area contributed by atoms with Crippen LogP contribution in [0.25, 0.3) is 10.1 Å². The molecule has 1 unspecified atom stereocenters. The molecule has 1 heterocycles. The predicted molar refractivity (Wildman–Crippen MR) is 78.0 cm³/mol. The van der Waals surface area contributed by atoms with Crippen LogP contribution in [0.2, 0.25) is 0 Å². The van der Waals surface area contributed by atoms with Gasteiger partial charge in [-0.2, -0.15) is 0 Å². The fourth-order valence-corrected chi connectivity index (χ4v) is 2.92. The van der Waals surface area contributed by atoms with Gasteiger partial charge in [-0.25, -0.2) is 4.79 Å². The van der Waals surface area contributed by atoms with E-state index in [1.165, 1.54) is 0 Å². The van der Waals surface area contributed by atoms with Crippen molar-refractivity contribution in [3.05, 3.63) is 35.2 Å². The van der Waals surface area contributed by atoms with Crippen molar-refractivity contribution in [2.75, 3.05) is 13.2 Å². The van der Waals surface area contributed by atoms with Crippen molar-refractivity contribution in [3.63, 3.8) is 0 Å². The summed E-state index contributed by atoms with van der Waals surface area (Å²) >= 11 is 1.61. The molecular formula is C15H15NO2S. The summed E-state index contributed by atoms with van der Waals surface area (Å²) in [5.41, 5.74) is 0.925. The predicted octanol–water partition coefficient (Wildman–Crippen LogP) is 2.73. The Labute approximate surface area is 116 Å². The molecule has 0 aliphatic carbocycles. The highest BCUT2D eigenvalue weighted by Crippen LogP contribution is 2.30. The van der Waals surface area contributed by atoms with Crippen molar-refractivity contribution in [2.45, 2.75) is 13.0 Å².